The normalized spacial score (nSPS) is 13.1. The van der Waals surface area contributed by atoms with Crippen LogP contribution in [0.15, 0.2) is 15.8 Å². The van der Waals surface area contributed by atoms with Gasteiger partial charge < -0.3 is 0 Å². The quantitative estimate of drug-likeness (QED) is 0.669. The van der Waals surface area contributed by atoms with Gasteiger partial charge in [-0.1, -0.05) is 0 Å². The molecule has 2 aromatic rings. The lowest BCUT2D eigenvalue weighted by Gasteiger charge is -2.08. The number of rotatable bonds is 3. The molecule has 2 heterocycles. The first-order valence-corrected chi connectivity index (χ1v) is 6.13. The third-order valence-electron chi connectivity index (χ3n) is 2.49. The van der Waals surface area contributed by atoms with Gasteiger partial charge in [0.25, 0.3) is 5.56 Å². The molecule has 0 saturated carbocycles. The van der Waals surface area contributed by atoms with Crippen LogP contribution in [0.25, 0.3) is 11.0 Å². The Morgan fingerprint density at radius 3 is 2.88 bits per heavy atom. The molecule has 0 aliphatic carbocycles. The lowest BCUT2D eigenvalue weighted by Crippen LogP contribution is -2.37. The third-order valence-corrected chi connectivity index (χ3v) is 3.56. The zero-order valence-corrected chi connectivity index (χ0v) is 10.9. The molecule has 17 heavy (non-hydrogen) atoms. The van der Waals surface area contributed by atoms with E-state index in [4.69, 9.17) is 0 Å². The first kappa shape index (κ1) is 12.3. The Kier molecular flexibility index (Phi) is 3.34. The molecule has 1 N–H and O–H groups in total. The second-order valence-electron chi connectivity index (χ2n) is 3.71. The van der Waals surface area contributed by atoms with E-state index in [0.29, 0.717) is 16.8 Å². The monoisotopic (exact) mass is 272 g/mol. The van der Waals surface area contributed by atoms with Crippen molar-refractivity contribution >= 4 is 36.3 Å². The molecule has 0 amide bonds. The number of hydrogen-bond acceptors (Lipinski definition) is 5. The van der Waals surface area contributed by atoms with Gasteiger partial charge in [0.15, 0.2) is 0 Å². The molecule has 0 bridgehead atoms. The summed E-state index contributed by atoms with van der Waals surface area (Å²) in [7, 11) is 1.66. The summed E-state index contributed by atoms with van der Waals surface area (Å²) in [6.07, 6.45) is 1.44. The van der Waals surface area contributed by atoms with Gasteiger partial charge in [-0.05, 0) is 0 Å². The van der Waals surface area contributed by atoms with Crippen molar-refractivity contribution in [2.45, 2.75) is 11.8 Å². The Morgan fingerprint density at radius 2 is 2.24 bits per heavy atom. The average Bonchev–Trinajstić information content (AvgIpc) is 2.66. The van der Waals surface area contributed by atoms with E-state index < -0.39 is 5.69 Å². The molecule has 0 fully saturated rings. The predicted molar refractivity (Wildman–Crippen MR) is 72.2 cm³/mol. The highest BCUT2D eigenvalue weighted by atomic mass is 32.1. The number of aromatic amines is 1. The number of nitrogens with zero attached hydrogens (tertiary/aromatic N) is 3. The second-order valence-corrected chi connectivity index (χ2v) is 4.81. The topological polar surface area (TPSA) is 72.7 Å². The Morgan fingerprint density at radius 1 is 1.53 bits per heavy atom. The predicted octanol–water partition coefficient (Wildman–Crippen LogP) is -0.349. The maximum Gasteiger partial charge on any atom is 0.330 e. The van der Waals surface area contributed by atoms with Crippen LogP contribution in [0.1, 0.15) is 0 Å². The van der Waals surface area contributed by atoms with Gasteiger partial charge >= 0.3 is 5.69 Å². The Hall–Kier alpha value is -1.15. The SMILES string of the molecule is Cn1ncc2c(=O)n(C[C@@H](S)CS)c(=O)[nH]c21. The van der Waals surface area contributed by atoms with Crippen LogP contribution in [0, 0.1) is 0 Å². The van der Waals surface area contributed by atoms with Gasteiger partial charge in [-0.3, -0.25) is 19.0 Å². The fraction of sp³-hybridized carbons (Fsp3) is 0.444. The molecule has 8 heteroatoms. The molecule has 0 aliphatic heterocycles. The standard InChI is InChI=1S/C9H12N4O2S2/c1-12-7-6(2-10-12)8(14)13(9(15)11-7)3-5(17)4-16/h2,5,16-17H,3-4H2,1H3,(H,11,15)/t5-/m1/s1. The summed E-state index contributed by atoms with van der Waals surface area (Å²) in [5.41, 5.74) is -0.373. The van der Waals surface area contributed by atoms with Gasteiger partial charge in [-0.25, -0.2) is 4.79 Å². The number of aromatic nitrogens is 4. The number of nitrogens with one attached hydrogen (secondary N) is 1. The van der Waals surface area contributed by atoms with E-state index in [-0.39, 0.29) is 17.4 Å². The van der Waals surface area contributed by atoms with Crippen LogP contribution < -0.4 is 11.2 Å². The molecule has 2 rings (SSSR count). The van der Waals surface area contributed by atoms with Crippen molar-refractivity contribution in [2.24, 2.45) is 7.05 Å². The van der Waals surface area contributed by atoms with Crippen molar-refractivity contribution in [3.05, 3.63) is 27.0 Å². The van der Waals surface area contributed by atoms with Gasteiger partial charge in [0.1, 0.15) is 11.0 Å². The minimum absolute atomic E-state index is 0.147. The summed E-state index contributed by atoms with van der Waals surface area (Å²) in [4.78, 5) is 26.4. The number of fused-ring (bicyclic) bond motifs is 1. The molecule has 0 radical (unpaired) electrons. The van der Waals surface area contributed by atoms with Gasteiger partial charge in [0.2, 0.25) is 0 Å². The summed E-state index contributed by atoms with van der Waals surface area (Å²) in [6.45, 7) is 0.228. The van der Waals surface area contributed by atoms with Crippen molar-refractivity contribution in [2.75, 3.05) is 5.75 Å². The fourth-order valence-corrected chi connectivity index (χ4v) is 1.86. The number of H-pyrrole nitrogens is 1. The second kappa shape index (κ2) is 4.61. The largest absolute Gasteiger partial charge is 0.330 e. The number of hydrogen-bond donors (Lipinski definition) is 3. The highest BCUT2D eigenvalue weighted by Gasteiger charge is 2.12. The summed E-state index contributed by atoms with van der Waals surface area (Å²) in [6, 6.07) is 0. The van der Waals surface area contributed by atoms with Crippen LogP contribution in [0.3, 0.4) is 0 Å². The van der Waals surface area contributed by atoms with Crippen molar-refractivity contribution in [1.29, 1.82) is 0 Å². The van der Waals surface area contributed by atoms with Gasteiger partial charge in [0, 0.05) is 24.6 Å². The average molecular weight is 272 g/mol. The van der Waals surface area contributed by atoms with Crippen LogP contribution in [-0.4, -0.2) is 30.3 Å². The van der Waals surface area contributed by atoms with Crippen molar-refractivity contribution < 1.29 is 0 Å². The Bertz CT molecular complexity index is 657. The van der Waals surface area contributed by atoms with E-state index >= 15 is 0 Å². The number of thiol groups is 2. The summed E-state index contributed by atoms with van der Waals surface area (Å²) in [5, 5.41) is 4.19. The molecular formula is C9H12N4O2S2. The lowest BCUT2D eigenvalue weighted by atomic mass is 10.4. The van der Waals surface area contributed by atoms with Crippen LogP contribution in [-0.2, 0) is 13.6 Å². The Balaban J connectivity index is 2.65. The van der Waals surface area contributed by atoms with E-state index in [0.717, 1.165) is 4.57 Å². The number of aryl methyl sites for hydroxylation is 1. The molecule has 0 saturated heterocycles. The van der Waals surface area contributed by atoms with Crippen LogP contribution in [0.5, 0.6) is 0 Å². The zero-order chi connectivity index (χ0) is 12.6. The van der Waals surface area contributed by atoms with Crippen molar-refractivity contribution in [3.63, 3.8) is 0 Å². The molecule has 0 unspecified atom stereocenters. The maximum absolute atomic E-state index is 12.0. The molecule has 6 nitrogen and oxygen atoms in total. The van der Waals surface area contributed by atoms with Crippen molar-refractivity contribution in [3.8, 4) is 0 Å². The first-order valence-electron chi connectivity index (χ1n) is 4.98. The van der Waals surface area contributed by atoms with E-state index in [2.05, 4.69) is 35.3 Å². The van der Waals surface area contributed by atoms with E-state index in [1.807, 2.05) is 0 Å². The third kappa shape index (κ3) is 2.14. The van der Waals surface area contributed by atoms with E-state index in [9.17, 15) is 9.59 Å². The molecule has 92 valence electrons. The molecular weight excluding hydrogens is 260 g/mol. The molecule has 0 aromatic carbocycles. The van der Waals surface area contributed by atoms with Crippen molar-refractivity contribution in [1.82, 2.24) is 19.3 Å². The maximum atomic E-state index is 12.0. The molecule has 2 aromatic heterocycles. The van der Waals surface area contributed by atoms with Crippen LogP contribution in [0.2, 0.25) is 0 Å². The van der Waals surface area contributed by atoms with Crippen LogP contribution in [0.4, 0.5) is 0 Å². The van der Waals surface area contributed by atoms with Gasteiger partial charge in [-0.15, -0.1) is 0 Å². The molecule has 0 aliphatic rings. The summed E-state index contributed by atoms with van der Waals surface area (Å²) >= 11 is 8.30. The van der Waals surface area contributed by atoms with Gasteiger partial charge in [-0.2, -0.15) is 30.4 Å². The minimum atomic E-state index is -0.452. The van der Waals surface area contributed by atoms with E-state index in [1.54, 1.807) is 7.05 Å². The van der Waals surface area contributed by atoms with Gasteiger partial charge in [0.05, 0.1) is 6.20 Å². The first-order chi connectivity index (χ1) is 8.04. The molecule has 1 atom stereocenters. The highest BCUT2D eigenvalue weighted by molar-refractivity contribution is 7.84. The highest BCUT2D eigenvalue weighted by Crippen LogP contribution is 2.03. The van der Waals surface area contributed by atoms with Crippen LogP contribution >= 0.6 is 25.3 Å². The molecule has 0 spiro atoms. The Labute approximate surface area is 107 Å². The summed E-state index contributed by atoms with van der Waals surface area (Å²) < 4.78 is 2.58. The summed E-state index contributed by atoms with van der Waals surface area (Å²) in [5.74, 6) is 0.486. The zero-order valence-electron chi connectivity index (χ0n) is 9.12. The minimum Gasteiger partial charge on any atom is -0.291 e. The van der Waals surface area contributed by atoms with E-state index in [1.165, 1.54) is 10.9 Å². The smallest absolute Gasteiger partial charge is 0.291 e. The lowest BCUT2D eigenvalue weighted by molar-refractivity contribution is 0.636. The fourth-order valence-electron chi connectivity index (χ4n) is 1.58.